The molecule has 0 aliphatic rings. The molecule has 208 valence electrons. The summed E-state index contributed by atoms with van der Waals surface area (Å²) in [4.78, 5) is 5.24. The summed E-state index contributed by atoms with van der Waals surface area (Å²) in [6.07, 6.45) is 0. The molecular weight excluding hydrogens is 541 g/mol. The molecule has 1 unspecified atom stereocenters. The Hall–Kier alpha value is -4.99. The van der Waals surface area contributed by atoms with E-state index in [2.05, 4.69) is 164 Å². The molecule has 0 fully saturated rings. The number of nitrogens with zero attached hydrogens (tertiary/aromatic N) is 1. The first kappa shape index (κ1) is 26.9. The Kier molecular flexibility index (Phi) is 7.32. The van der Waals surface area contributed by atoms with E-state index >= 15 is 0 Å². The number of benzene rings is 6. The van der Waals surface area contributed by atoms with Crippen molar-refractivity contribution < 1.29 is 0 Å². The standard InChI is InChI=1S/C40H32N2S/c1-27-15-19-30(20-16-27)35-13-8-14-36(31-21-17-28(2)18-22-31)39(35)42-38(32-10-4-3-5-11-32)40-41-37(26-43-40)34-24-23-29-9-6-7-12-33(29)25-34/h3-26,38,42H,1-2H3. The van der Waals surface area contributed by atoms with E-state index in [1.807, 2.05) is 0 Å². The fourth-order valence-electron chi connectivity index (χ4n) is 5.63. The molecule has 1 heterocycles. The van der Waals surface area contributed by atoms with E-state index in [9.17, 15) is 0 Å². The second-order valence-corrected chi connectivity index (χ2v) is 12.0. The van der Waals surface area contributed by atoms with Gasteiger partial charge in [0.05, 0.1) is 11.4 Å². The lowest BCUT2D eigenvalue weighted by Gasteiger charge is -2.24. The Morgan fingerprint density at radius 2 is 1.14 bits per heavy atom. The highest BCUT2D eigenvalue weighted by molar-refractivity contribution is 7.10. The van der Waals surface area contributed by atoms with Gasteiger partial charge in [-0.05, 0) is 47.4 Å². The summed E-state index contributed by atoms with van der Waals surface area (Å²) in [6.45, 7) is 4.26. The van der Waals surface area contributed by atoms with Gasteiger partial charge in [0.2, 0.25) is 0 Å². The fraction of sp³-hybridized carbons (Fsp3) is 0.0750. The Balaban J connectivity index is 1.36. The van der Waals surface area contributed by atoms with Crippen molar-refractivity contribution in [2.24, 2.45) is 0 Å². The Morgan fingerprint density at radius 1 is 0.558 bits per heavy atom. The van der Waals surface area contributed by atoms with Crippen LogP contribution in [-0.4, -0.2) is 4.98 Å². The first-order valence-corrected chi connectivity index (χ1v) is 15.5. The number of fused-ring (bicyclic) bond motifs is 1. The molecule has 43 heavy (non-hydrogen) atoms. The maximum absolute atomic E-state index is 5.24. The van der Waals surface area contributed by atoms with E-state index in [4.69, 9.17) is 4.98 Å². The van der Waals surface area contributed by atoms with Gasteiger partial charge in [-0.25, -0.2) is 4.98 Å². The van der Waals surface area contributed by atoms with Gasteiger partial charge < -0.3 is 5.32 Å². The van der Waals surface area contributed by atoms with Crippen LogP contribution in [0.1, 0.15) is 27.7 Å². The van der Waals surface area contributed by atoms with Crippen LogP contribution in [0.25, 0.3) is 44.3 Å². The van der Waals surface area contributed by atoms with E-state index in [1.165, 1.54) is 49.7 Å². The van der Waals surface area contributed by atoms with Crippen molar-refractivity contribution in [2.75, 3.05) is 5.32 Å². The van der Waals surface area contributed by atoms with Crippen LogP contribution in [0.5, 0.6) is 0 Å². The average molecular weight is 573 g/mol. The minimum absolute atomic E-state index is 0.129. The van der Waals surface area contributed by atoms with E-state index in [0.29, 0.717) is 0 Å². The number of para-hydroxylation sites is 1. The van der Waals surface area contributed by atoms with Crippen LogP contribution in [0.3, 0.4) is 0 Å². The molecule has 0 saturated carbocycles. The summed E-state index contributed by atoms with van der Waals surface area (Å²) in [5, 5.41) is 9.69. The van der Waals surface area contributed by atoms with Gasteiger partial charge in [0.25, 0.3) is 0 Å². The summed E-state index contributed by atoms with van der Waals surface area (Å²) < 4.78 is 0. The minimum Gasteiger partial charge on any atom is -0.371 e. The van der Waals surface area contributed by atoms with Crippen molar-refractivity contribution in [3.05, 3.63) is 167 Å². The lowest BCUT2D eigenvalue weighted by atomic mass is 9.94. The highest BCUT2D eigenvalue weighted by Gasteiger charge is 2.22. The first-order valence-electron chi connectivity index (χ1n) is 14.7. The molecule has 0 bridgehead atoms. The topological polar surface area (TPSA) is 24.9 Å². The molecule has 1 atom stereocenters. The zero-order valence-electron chi connectivity index (χ0n) is 24.3. The zero-order chi connectivity index (χ0) is 29.2. The monoisotopic (exact) mass is 572 g/mol. The number of nitrogens with one attached hydrogen (secondary N) is 1. The number of aromatic nitrogens is 1. The van der Waals surface area contributed by atoms with Crippen LogP contribution in [0.2, 0.25) is 0 Å². The third kappa shape index (κ3) is 5.60. The SMILES string of the molecule is Cc1ccc(-c2cccc(-c3ccc(C)cc3)c2NC(c2ccccc2)c2nc(-c3ccc4ccccc4c3)cs2)cc1. The molecule has 7 aromatic rings. The van der Waals surface area contributed by atoms with Crippen molar-refractivity contribution in [3.8, 4) is 33.5 Å². The molecule has 1 N–H and O–H groups in total. The summed E-state index contributed by atoms with van der Waals surface area (Å²) in [5.74, 6) is 0. The third-order valence-electron chi connectivity index (χ3n) is 8.03. The van der Waals surface area contributed by atoms with Crippen LogP contribution in [0.4, 0.5) is 5.69 Å². The molecule has 0 aliphatic carbocycles. The van der Waals surface area contributed by atoms with Crippen molar-refractivity contribution in [2.45, 2.75) is 19.9 Å². The van der Waals surface area contributed by atoms with Crippen molar-refractivity contribution >= 4 is 27.8 Å². The average Bonchev–Trinajstić information content (AvgIpc) is 3.55. The highest BCUT2D eigenvalue weighted by Crippen LogP contribution is 2.41. The van der Waals surface area contributed by atoms with Gasteiger partial charge in [0, 0.05) is 22.1 Å². The molecule has 3 heteroatoms. The predicted octanol–water partition coefficient (Wildman–Crippen LogP) is 11.1. The van der Waals surface area contributed by atoms with Gasteiger partial charge in [0.1, 0.15) is 11.0 Å². The number of anilines is 1. The first-order chi connectivity index (χ1) is 21.1. The zero-order valence-corrected chi connectivity index (χ0v) is 25.1. The predicted molar refractivity (Wildman–Crippen MR) is 184 cm³/mol. The van der Waals surface area contributed by atoms with E-state index in [0.717, 1.165) is 22.0 Å². The molecule has 0 amide bonds. The minimum atomic E-state index is -0.129. The third-order valence-corrected chi connectivity index (χ3v) is 8.93. The second kappa shape index (κ2) is 11.7. The maximum atomic E-state index is 5.24. The second-order valence-electron chi connectivity index (χ2n) is 11.1. The molecule has 6 aromatic carbocycles. The van der Waals surface area contributed by atoms with Crippen LogP contribution in [0.15, 0.2) is 145 Å². The summed E-state index contributed by atoms with van der Waals surface area (Å²) in [7, 11) is 0. The molecular formula is C40H32N2S. The number of thiazole rings is 1. The van der Waals surface area contributed by atoms with Gasteiger partial charge in [-0.2, -0.15) is 0 Å². The lowest BCUT2D eigenvalue weighted by molar-refractivity contribution is 0.923. The Labute approximate surface area is 257 Å². The number of aryl methyl sites for hydroxylation is 2. The number of rotatable bonds is 7. The maximum Gasteiger partial charge on any atom is 0.120 e. The normalized spacial score (nSPS) is 11.9. The quantitative estimate of drug-likeness (QED) is 0.205. The largest absolute Gasteiger partial charge is 0.371 e. The van der Waals surface area contributed by atoms with Crippen molar-refractivity contribution in [1.29, 1.82) is 0 Å². The lowest BCUT2D eigenvalue weighted by Crippen LogP contribution is -2.14. The van der Waals surface area contributed by atoms with Crippen LogP contribution < -0.4 is 5.32 Å². The molecule has 0 saturated heterocycles. The molecule has 0 spiro atoms. The van der Waals surface area contributed by atoms with E-state index in [-0.39, 0.29) is 6.04 Å². The summed E-state index contributed by atoms with van der Waals surface area (Å²) in [6, 6.07) is 49.8. The number of hydrogen-bond acceptors (Lipinski definition) is 3. The van der Waals surface area contributed by atoms with E-state index in [1.54, 1.807) is 11.3 Å². The molecule has 0 aliphatic heterocycles. The van der Waals surface area contributed by atoms with Gasteiger partial charge in [-0.3, -0.25) is 0 Å². The van der Waals surface area contributed by atoms with Gasteiger partial charge in [0.15, 0.2) is 0 Å². The van der Waals surface area contributed by atoms with Crippen molar-refractivity contribution in [3.63, 3.8) is 0 Å². The summed E-state index contributed by atoms with van der Waals surface area (Å²) in [5.41, 5.74) is 11.6. The molecule has 1 aromatic heterocycles. The molecule has 7 rings (SSSR count). The Morgan fingerprint density at radius 3 is 1.79 bits per heavy atom. The molecule has 0 radical (unpaired) electrons. The number of hydrogen-bond donors (Lipinski definition) is 1. The van der Waals surface area contributed by atoms with Gasteiger partial charge >= 0.3 is 0 Å². The molecule has 2 nitrogen and oxygen atoms in total. The smallest absolute Gasteiger partial charge is 0.120 e. The Bertz CT molecular complexity index is 1940. The van der Waals surface area contributed by atoms with Crippen LogP contribution >= 0.6 is 11.3 Å². The van der Waals surface area contributed by atoms with Crippen LogP contribution in [0, 0.1) is 13.8 Å². The fourth-order valence-corrected chi connectivity index (χ4v) is 6.54. The van der Waals surface area contributed by atoms with E-state index < -0.39 is 0 Å². The van der Waals surface area contributed by atoms with Gasteiger partial charge in [-0.1, -0.05) is 145 Å². The van der Waals surface area contributed by atoms with Gasteiger partial charge in [-0.15, -0.1) is 11.3 Å². The van der Waals surface area contributed by atoms with Crippen molar-refractivity contribution in [1.82, 2.24) is 4.98 Å². The van der Waals surface area contributed by atoms with Crippen LogP contribution in [-0.2, 0) is 0 Å². The highest BCUT2D eigenvalue weighted by atomic mass is 32.1. The summed E-state index contributed by atoms with van der Waals surface area (Å²) >= 11 is 1.71.